The summed E-state index contributed by atoms with van der Waals surface area (Å²) in [5.41, 5.74) is 1.77. The lowest BCUT2D eigenvalue weighted by Crippen LogP contribution is -2.23. The van der Waals surface area contributed by atoms with Gasteiger partial charge in [0, 0.05) is 30.9 Å². The summed E-state index contributed by atoms with van der Waals surface area (Å²) in [5, 5.41) is 36.7. The molecule has 26 heavy (non-hydrogen) atoms. The Bertz CT molecular complexity index is 893. The van der Waals surface area contributed by atoms with Gasteiger partial charge in [0.05, 0.1) is 28.7 Å². The van der Waals surface area contributed by atoms with Gasteiger partial charge in [0.1, 0.15) is 11.8 Å². The number of benzene rings is 2. The van der Waals surface area contributed by atoms with Crippen molar-refractivity contribution in [3.05, 3.63) is 58.1 Å². The van der Waals surface area contributed by atoms with E-state index in [1.165, 1.54) is 18.2 Å². The van der Waals surface area contributed by atoms with Crippen LogP contribution >= 0.6 is 0 Å². The highest BCUT2D eigenvalue weighted by molar-refractivity contribution is 5.58. The van der Waals surface area contributed by atoms with Crippen LogP contribution in [0.3, 0.4) is 0 Å². The van der Waals surface area contributed by atoms with Crippen LogP contribution in [0.5, 0.6) is 0 Å². The molecule has 0 aliphatic carbocycles. The highest BCUT2D eigenvalue weighted by Crippen LogP contribution is 2.27. The molecule has 0 N–H and O–H groups in total. The first kappa shape index (κ1) is 18.6. The molecule has 0 amide bonds. The average Bonchev–Trinajstić information content (AvgIpc) is 2.67. The Morgan fingerprint density at radius 2 is 1.88 bits per heavy atom. The van der Waals surface area contributed by atoms with E-state index in [0.29, 0.717) is 18.7 Å². The van der Waals surface area contributed by atoms with Crippen molar-refractivity contribution >= 4 is 22.7 Å². The standard InChI is InChI=1S/C18H16N6O2/c1-2-23(11-3-10-19)16-6-4-15(5-7-16)21-22-18-9-8-17(24(25)26)12-14(18)13-20/h4-9,12H,2-3,11H2,1H3/b22-21+. The average molecular weight is 348 g/mol. The number of nitrogens with zero attached hydrogens (tertiary/aromatic N) is 6. The van der Waals surface area contributed by atoms with Gasteiger partial charge in [-0.3, -0.25) is 10.1 Å². The molecule has 130 valence electrons. The number of azo groups is 1. The minimum Gasteiger partial charge on any atom is -0.371 e. The molecule has 0 radical (unpaired) electrons. The van der Waals surface area contributed by atoms with Gasteiger partial charge in [-0.15, -0.1) is 5.11 Å². The Hall–Kier alpha value is -3.78. The molecule has 0 fully saturated rings. The summed E-state index contributed by atoms with van der Waals surface area (Å²) >= 11 is 0. The van der Waals surface area contributed by atoms with Crippen molar-refractivity contribution < 1.29 is 4.92 Å². The van der Waals surface area contributed by atoms with Crippen molar-refractivity contribution in [1.82, 2.24) is 0 Å². The van der Waals surface area contributed by atoms with E-state index in [2.05, 4.69) is 21.2 Å². The Balaban J connectivity index is 2.17. The first-order valence-corrected chi connectivity index (χ1v) is 7.91. The Morgan fingerprint density at radius 3 is 2.46 bits per heavy atom. The van der Waals surface area contributed by atoms with Crippen LogP contribution in [0.1, 0.15) is 18.9 Å². The van der Waals surface area contributed by atoms with Gasteiger partial charge in [-0.25, -0.2) is 0 Å². The van der Waals surface area contributed by atoms with Crippen molar-refractivity contribution in [3.63, 3.8) is 0 Å². The summed E-state index contributed by atoms with van der Waals surface area (Å²) in [7, 11) is 0. The molecule has 2 rings (SSSR count). The lowest BCUT2D eigenvalue weighted by molar-refractivity contribution is -0.384. The first-order chi connectivity index (χ1) is 12.6. The quantitative estimate of drug-likeness (QED) is 0.411. The predicted octanol–water partition coefficient (Wildman–Crippen LogP) is 4.62. The normalized spacial score (nSPS) is 10.3. The number of anilines is 1. The number of hydrogen-bond donors (Lipinski definition) is 0. The molecular formula is C18H16N6O2. The van der Waals surface area contributed by atoms with Crippen molar-refractivity contribution in [3.8, 4) is 12.1 Å². The summed E-state index contributed by atoms with van der Waals surface area (Å²) < 4.78 is 0. The molecule has 2 aromatic carbocycles. The third-order valence-corrected chi connectivity index (χ3v) is 3.67. The SMILES string of the molecule is CCN(CCC#N)c1ccc(/N=N/c2ccc([N+](=O)[O-])cc2C#N)cc1. The van der Waals surface area contributed by atoms with Crippen LogP contribution in [-0.4, -0.2) is 18.0 Å². The van der Waals surface area contributed by atoms with Crippen molar-refractivity contribution in [2.24, 2.45) is 10.2 Å². The maximum Gasteiger partial charge on any atom is 0.270 e. The molecule has 0 spiro atoms. The van der Waals surface area contributed by atoms with Gasteiger partial charge in [0.25, 0.3) is 5.69 Å². The number of nitro groups is 1. The third-order valence-electron chi connectivity index (χ3n) is 3.67. The summed E-state index contributed by atoms with van der Waals surface area (Å²) in [6.07, 6.45) is 0.451. The Morgan fingerprint density at radius 1 is 1.15 bits per heavy atom. The van der Waals surface area contributed by atoms with Crippen LogP contribution in [0.4, 0.5) is 22.7 Å². The van der Waals surface area contributed by atoms with Gasteiger partial charge in [-0.05, 0) is 37.3 Å². The molecule has 0 aliphatic rings. The molecule has 0 saturated heterocycles. The molecule has 0 atom stereocenters. The smallest absolute Gasteiger partial charge is 0.270 e. The number of hydrogen-bond acceptors (Lipinski definition) is 7. The van der Waals surface area contributed by atoms with Gasteiger partial charge in [0.2, 0.25) is 0 Å². The Labute approximate surface area is 150 Å². The van der Waals surface area contributed by atoms with Crippen LogP contribution < -0.4 is 4.90 Å². The van der Waals surface area contributed by atoms with Crippen LogP contribution in [0.15, 0.2) is 52.7 Å². The van der Waals surface area contributed by atoms with Crippen molar-refractivity contribution in [1.29, 1.82) is 10.5 Å². The van der Waals surface area contributed by atoms with Gasteiger partial charge in [-0.1, -0.05) is 0 Å². The van der Waals surface area contributed by atoms with E-state index in [1.54, 1.807) is 12.1 Å². The molecule has 8 heteroatoms. The van der Waals surface area contributed by atoms with Crippen molar-refractivity contribution in [2.45, 2.75) is 13.3 Å². The third kappa shape index (κ3) is 4.62. The molecule has 0 aliphatic heterocycles. The maximum absolute atomic E-state index is 10.8. The first-order valence-electron chi connectivity index (χ1n) is 7.91. The van der Waals surface area contributed by atoms with Gasteiger partial charge >= 0.3 is 0 Å². The topological polar surface area (TPSA) is 119 Å². The van der Waals surface area contributed by atoms with Gasteiger partial charge < -0.3 is 4.90 Å². The highest BCUT2D eigenvalue weighted by atomic mass is 16.6. The zero-order chi connectivity index (χ0) is 18.9. The molecule has 8 nitrogen and oxygen atoms in total. The zero-order valence-corrected chi connectivity index (χ0v) is 14.2. The maximum atomic E-state index is 10.8. The predicted molar refractivity (Wildman–Crippen MR) is 96.5 cm³/mol. The van der Waals surface area contributed by atoms with Crippen LogP contribution in [0, 0.1) is 32.8 Å². The van der Waals surface area contributed by atoms with Crippen molar-refractivity contribution in [2.75, 3.05) is 18.0 Å². The van der Waals surface area contributed by atoms with E-state index in [4.69, 9.17) is 10.5 Å². The molecular weight excluding hydrogens is 332 g/mol. The molecule has 0 unspecified atom stereocenters. The van der Waals surface area contributed by atoms with Crippen LogP contribution in [0.25, 0.3) is 0 Å². The molecule has 0 aromatic heterocycles. The zero-order valence-electron chi connectivity index (χ0n) is 14.2. The van der Waals surface area contributed by atoms with Crippen LogP contribution in [0.2, 0.25) is 0 Å². The lowest BCUT2D eigenvalue weighted by Gasteiger charge is -2.21. The summed E-state index contributed by atoms with van der Waals surface area (Å²) in [6, 6.07) is 15.2. The number of nitro benzene ring substituents is 1. The summed E-state index contributed by atoms with van der Waals surface area (Å²) in [4.78, 5) is 12.3. The molecule has 2 aromatic rings. The molecule has 0 saturated carbocycles. The second-order valence-electron chi connectivity index (χ2n) is 5.27. The fraction of sp³-hybridized carbons (Fsp3) is 0.222. The Kier molecular flexibility index (Phi) is 6.35. The largest absolute Gasteiger partial charge is 0.371 e. The highest BCUT2D eigenvalue weighted by Gasteiger charge is 2.10. The number of nitriles is 2. The number of rotatable bonds is 7. The number of non-ortho nitro benzene ring substituents is 1. The van der Waals surface area contributed by atoms with Gasteiger partial charge in [-0.2, -0.15) is 15.6 Å². The second kappa shape index (κ2) is 8.90. The van der Waals surface area contributed by atoms with E-state index >= 15 is 0 Å². The van der Waals surface area contributed by atoms with E-state index in [9.17, 15) is 10.1 Å². The monoisotopic (exact) mass is 348 g/mol. The van der Waals surface area contributed by atoms with E-state index in [-0.39, 0.29) is 16.9 Å². The van der Waals surface area contributed by atoms with E-state index in [0.717, 1.165) is 12.2 Å². The molecule has 0 heterocycles. The summed E-state index contributed by atoms with van der Waals surface area (Å²) in [6.45, 7) is 3.46. The fourth-order valence-corrected chi connectivity index (χ4v) is 2.31. The second-order valence-corrected chi connectivity index (χ2v) is 5.27. The lowest BCUT2D eigenvalue weighted by atomic mass is 10.2. The van der Waals surface area contributed by atoms with E-state index < -0.39 is 4.92 Å². The van der Waals surface area contributed by atoms with E-state index in [1.807, 2.05) is 25.1 Å². The summed E-state index contributed by atoms with van der Waals surface area (Å²) in [5.74, 6) is 0. The van der Waals surface area contributed by atoms with Gasteiger partial charge in [0.15, 0.2) is 0 Å². The minimum absolute atomic E-state index is 0.0910. The molecule has 0 bridgehead atoms. The van der Waals surface area contributed by atoms with Crippen LogP contribution in [-0.2, 0) is 0 Å². The fourth-order valence-electron chi connectivity index (χ4n) is 2.31. The minimum atomic E-state index is -0.563.